The number of sulfonamides is 1. The molecule has 7 nitrogen and oxygen atoms in total. The van der Waals surface area contributed by atoms with Gasteiger partial charge in [0, 0.05) is 29.3 Å². The molecule has 1 heterocycles. The molecule has 3 aromatic carbocycles. The van der Waals surface area contributed by atoms with Crippen molar-refractivity contribution < 1.29 is 22.7 Å². The number of thioether (sulfide) groups is 1. The van der Waals surface area contributed by atoms with E-state index in [2.05, 4.69) is 17.4 Å². The van der Waals surface area contributed by atoms with Crippen LogP contribution in [-0.4, -0.2) is 58.1 Å². The van der Waals surface area contributed by atoms with E-state index in [1.807, 2.05) is 42.5 Å². The summed E-state index contributed by atoms with van der Waals surface area (Å²) in [5.74, 6) is 1.22. The van der Waals surface area contributed by atoms with E-state index in [-0.39, 0.29) is 17.4 Å². The second-order valence-electron chi connectivity index (χ2n) is 7.89. The molecule has 0 aliphatic carbocycles. The number of carbonyl (C=O) groups is 1. The monoisotopic (exact) mass is 512 g/mol. The Morgan fingerprint density at radius 2 is 1.63 bits per heavy atom. The molecule has 9 heteroatoms. The highest BCUT2D eigenvalue weighted by Gasteiger charge is 2.26. The lowest BCUT2D eigenvalue weighted by atomic mass is 10.1. The zero-order valence-corrected chi connectivity index (χ0v) is 20.9. The number of nitrogens with zero attached hydrogens (tertiary/aromatic N) is 1. The number of carbonyl (C=O) groups excluding carboxylic acids is 1. The summed E-state index contributed by atoms with van der Waals surface area (Å²) in [7, 11) is -3.53. The lowest BCUT2D eigenvalue weighted by molar-refractivity contribution is 0.0730. The molecule has 1 aliphatic heterocycles. The third kappa shape index (κ3) is 7.08. The molecule has 0 aromatic heterocycles. The van der Waals surface area contributed by atoms with Crippen LogP contribution in [0.3, 0.4) is 0 Å². The normalized spacial score (nSPS) is 14.4. The van der Waals surface area contributed by atoms with Crippen LogP contribution in [-0.2, 0) is 20.5 Å². The third-order valence-corrected chi connectivity index (χ3v) is 8.45. The van der Waals surface area contributed by atoms with Gasteiger partial charge in [0.1, 0.15) is 12.4 Å². The summed E-state index contributed by atoms with van der Waals surface area (Å²) in [6, 6.07) is 24.1. The fraction of sp³-hybridized carbons (Fsp3) is 0.269. The number of hydrogen-bond acceptors (Lipinski definition) is 6. The highest BCUT2D eigenvalue weighted by Crippen LogP contribution is 2.23. The van der Waals surface area contributed by atoms with Gasteiger partial charge in [0.15, 0.2) is 0 Å². The molecule has 0 radical (unpaired) electrons. The van der Waals surface area contributed by atoms with Crippen LogP contribution in [0, 0.1) is 0 Å². The minimum atomic E-state index is -3.53. The molecule has 4 rings (SSSR count). The van der Waals surface area contributed by atoms with Gasteiger partial charge in [-0.3, -0.25) is 4.79 Å². The quantitative estimate of drug-likeness (QED) is 0.329. The Hall–Kier alpha value is -2.85. The van der Waals surface area contributed by atoms with Crippen LogP contribution in [0.2, 0.25) is 0 Å². The van der Waals surface area contributed by atoms with Crippen LogP contribution in [0.15, 0.2) is 88.7 Å². The molecular weight excluding hydrogens is 484 g/mol. The number of benzene rings is 3. The van der Waals surface area contributed by atoms with Gasteiger partial charge in [0.05, 0.1) is 24.7 Å². The van der Waals surface area contributed by atoms with Gasteiger partial charge in [-0.05, 0) is 54.1 Å². The second-order valence-corrected chi connectivity index (χ2v) is 10.9. The molecule has 0 spiro atoms. The van der Waals surface area contributed by atoms with Crippen molar-refractivity contribution >= 4 is 27.7 Å². The number of rotatable bonds is 10. The van der Waals surface area contributed by atoms with Crippen molar-refractivity contribution in [3.63, 3.8) is 0 Å². The molecule has 3 aromatic rings. The van der Waals surface area contributed by atoms with Crippen molar-refractivity contribution in [2.75, 3.05) is 39.5 Å². The molecule has 1 amide bonds. The zero-order chi connectivity index (χ0) is 24.5. The van der Waals surface area contributed by atoms with Crippen LogP contribution >= 0.6 is 11.8 Å². The molecule has 0 bridgehead atoms. The fourth-order valence-electron chi connectivity index (χ4n) is 3.52. The number of amides is 1. The maximum Gasteiger partial charge on any atom is 0.251 e. The summed E-state index contributed by atoms with van der Waals surface area (Å²) < 4.78 is 37.6. The zero-order valence-electron chi connectivity index (χ0n) is 19.3. The Labute approximate surface area is 210 Å². The topological polar surface area (TPSA) is 84.9 Å². The van der Waals surface area contributed by atoms with Gasteiger partial charge in [-0.1, -0.05) is 30.3 Å². The van der Waals surface area contributed by atoms with E-state index < -0.39 is 10.0 Å². The van der Waals surface area contributed by atoms with E-state index in [0.29, 0.717) is 44.2 Å². The maximum atomic E-state index is 12.7. The van der Waals surface area contributed by atoms with Gasteiger partial charge in [-0.15, -0.1) is 11.8 Å². The van der Waals surface area contributed by atoms with E-state index in [1.54, 1.807) is 23.9 Å². The highest BCUT2D eigenvalue weighted by atomic mass is 32.2. The van der Waals surface area contributed by atoms with Gasteiger partial charge < -0.3 is 14.8 Å². The summed E-state index contributed by atoms with van der Waals surface area (Å²) in [6.07, 6.45) is 0. The Morgan fingerprint density at radius 3 is 2.31 bits per heavy atom. The lowest BCUT2D eigenvalue weighted by Gasteiger charge is -2.26. The average Bonchev–Trinajstić information content (AvgIpc) is 2.91. The first-order valence-corrected chi connectivity index (χ1v) is 13.8. The number of morpholine rings is 1. The molecule has 0 unspecified atom stereocenters. The first-order chi connectivity index (χ1) is 17.0. The fourth-order valence-corrected chi connectivity index (χ4v) is 5.80. The van der Waals surface area contributed by atoms with E-state index in [4.69, 9.17) is 9.47 Å². The van der Waals surface area contributed by atoms with Crippen molar-refractivity contribution in [3.8, 4) is 5.75 Å². The summed E-state index contributed by atoms with van der Waals surface area (Å²) in [4.78, 5) is 13.8. The van der Waals surface area contributed by atoms with Gasteiger partial charge >= 0.3 is 0 Å². The molecule has 0 saturated carbocycles. The predicted molar refractivity (Wildman–Crippen MR) is 136 cm³/mol. The molecule has 1 fully saturated rings. The first kappa shape index (κ1) is 25.2. The Morgan fingerprint density at radius 1 is 0.943 bits per heavy atom. The minimum Gasteiger partial charge on any atom is -0.492 e. The number of nitrogens with one attached hydrogen (secondary N) is 1. The molecule has 1 aliphatic rings. The molecule has 0 atom stereocenters. The van der Waals surface area contributed by atoms with Crippen LogP contribution < -0.4 is 10.1 Å². The van der Waals surface area contributed by atoms with E-state index in [9.17, 15) is 13.2 Å². The molecular formula is C26H28N2O5S2. The summed E-state index contributed by atoms with van der Waals surface area (Å²) >= 11 is 1.75. The summed E-state index contributed by atoms with van der Waals surface area (Å²) in [6.45, 7) is 2.13. The largest absolute Gasteiger partial charge is 0.492 e. The second kappa shape index (κ2) is 12.2. The van der Waals surface area contributed by atoms with Crippen molar-refractivity contribution in [2.24, 2.45) is 0 Å². The molecule has 1 N–H and O–H groups in total. The molecule has 35 heavy (non-hydrogen) atoms. The Bertz CT molecular complexity index is 1190. The standard InChI is InChI=1S/C26H28N2O5S2/c29-26(22-8-6-21(7-9-22)20-34-24-4-2-1-3-5-24)27-14-17-33-23-10-12-25(13-11-23)35(30,31)28-15-18-32-19-16-28/h1-13H,14-20H2,(H,27,29). The van der Waals surface area contributed by atoms with E-state index in [0.717, 1.165) is 11.3 Å². The van der Waals surface area contributed by atoms with Crippen LogP contribution in [0.4, 0.5) is 0 Å². The Kier molecular flexibility index (Phi) is 8.81. The SMILES string of the molecule is O=C(NCCOc1ccc(S(=O)(=O)N2CCOCC2)cc1)c1ccc(CSc2ccccc2)cc1. The highest BCUT2D eigenvalue weighted by molar-refractivity contribution is 7.98. The van der Waals surface area contributed by atoms with Gasteiger partial charge in [0.25, 0.3) is 5.91 Å². The van der Waals surface area contributed by atoms with Crippen LogP contribution in [0.1, 0.15) is 15.9 Å². The van der Waals surface area contributed by atoms with Crippen molar-refractivity contribution in [3.05, 3.63) is 90.0 Å². The van der Waals surface area contributed by atoms with Gasteiger partial charge in [-0.2, -0.15) is 4.31 Å². The smallest absolute Gasteiger partial charge is 0.251 e. The lowest BCUT2D eigenvalue weighted by Crippen LogP contribution is -2.40. The number of hydrogen-bond donors (Lipinski definition) is 1. The van der Waals surface area contributed by atoms with Gasteiger partial charge in [-0.25, -0.2) is 8.42 Å². The van der Waals surface area contributed by atoms with Crippen molar-refractivity contribution in [1.82, 2.24) is 9.62 Å². The van der Waals surface area contributed by atoms with E-state index in [1.165, 1.54) is 21.3 Å². The maximum absolute atomic E-state index is 12.7. The van der Waals surface area contributed by atoms with Crippen LogP contribution in [0.25, 0.3) is 0 Å². The average molecular weight is 513 g/mol. The summed E-state index contributed by atoms with van der Waals surface area (Å²) in [5.41, 5.74) is 1.74. The third-order valence-electron chi connectivity index (χ3n) is 5.45. The number of ether oxygens (including phenoxy) is 2. The van der Waals surface area contributed by atoms with Crippen molar-refractivity contribution in [2.45, 2.75) is 15.5 Å². The predicted octanol–water partition coefficient (Wildman–Crippen LogP) is 3.81. The minimum absolute atomic E-state index is 0.164. The summed E-state index contributed by atoms with van der Waals surface area (Å²) in [5, 5.41) is 2.84. The molecule has 184 valence electrons. The molecule has 1 saturated heterocycles. The van der Waals surface area contributed by atoms with Crippen LogP contribution in [0.5, 0.6) is 5.75 Å². The van der Waals surface area contributed by atoms with E-state index >= 15 is 0 Å². The van der Waals surface area contributed by atoms with Gasteiger partial charge in [0.2, 0.25) is 10.0 Å². The first-order valence-electron chi connectivity index (χ1n) is 11.4. The Balaban J connectivity index is 1.19. The van der Waals surface area contributed by atoms with Crippen molar-refractivity contribution in [1.29, 1.82) is 0 Å².